The standard InChI is InChI=1S/C23H26N4O2/c1-3-27(17-19-7-5-4-6-8-19)23(28)21-15-26-22(16-25-21)24-14-13-18-9-11-20(29-2)12-10-18/h4-12,15-16H,3,13-14,17H2,1-2H3,(H,24,26). The number of carbonyl (C=O) groups is 1. The summed E-state index contributed by atoms with van der Waals surface area (Å²) in [5.41, 5.74) is 2.65. The predicted molar refractivity (Wildman–Crippen MR) is 114 cm³/mol. The largest absolute Gasteiger partial charge is 0.497 e. The van der Waals surface area contributed by atoms with Crippen LogP contribution >= 0.6 is 0 Å². The van der Waals surface area contributed by atoms with E-state index in [0.29, 0.717) is 24.6 Å². The molecule has 0 saturated carbocycles. The number of hydrogen-bond acceptors (Lipinski definition) is 5. The molecule has 0 atom stereocenters. The lowest BCUT2D eigenvalue weighted by Gasteiger charge is -2.20. The molecule has 1 amide bonds. The van der Waals surface area contributed by atoms with Crippen LogP contribution < -0.4 is 10.1 Å². The Hall–Kier alpha value is -3.41. The zero-order valence-electron chi connectivity index (χ0n) is 16.8. The fourth-order valence-electron chi connectivity index (χ4n) is 2.95. The Morgan fingerprint density at radius 2 is 1.76 bits per heavy atom. The van der Waals surface area contributed by atoms with Crippen molar-refractivity contribution in [2.24, 2.45) is 0 Å². The lowest BCUT2D eigenvalue weighted by molar-refractivity contribution is 0.0746. The number of ether oxygens (including phenoxy) is 1. The predicted octanol–water partition coefficient (Wildman–Crippen LogP) is 3.80. The third kappa shape index (κ3) is 5.78. The summed E-state index contributed by atoms with van der Waals surface area (Å²) >= 11 is 0. The average Bonchev–Trinajstić information content (AvgIpc) is 2.78. The van der Waals surface area contributed by atoms with Crippen LogP contribution in [0, 0.1) is 0 Å². The molecule has 0 bridgehead atoms. The molecule has 3 aromatic rings. The Balaban J connectivity index is 1.53. The molecule has 1 heterocycles. The molecule has 1 aromatic heterocycles. The molecular formula is C23H26N4O2. The minimum atomic E-state index is -0.117. The Bertz CT molecular complexity index is 896. The summed E-state index contributed by atoms with van der Waals surface area (Å²) in [6.45, 7) is 3.85. The van der Waals surface area contributed by atoms with Gasteiger partial charge in [0, 0.05) is 19.6 Å². The van der Waals surface area contributed by atoms with Gasteiger partial charge in [0.1, 0.15) is 17.3 Å². The van der Waals surface area contributed by atoms with Crippen LogP contribution in [0.15, 0.2) is 67.0 Å². The van der Waals surface area contributed by atoms with Crippen molar-refractivity contribution in [3.05, 3.63) is 83.8 Å². The van der Waals surface area contributed by atoms with Crippen molar-refractivity contribution in [2.75, 3.05) is 25.5 Å². The maximum Gasteiger partial charge on any atom is 0.274 e. The topological polar surface area (TPSA) is 67.4 Å². The Kier molecular flexibility index (Phi) is 7.16. The maximum absolute atomic E-state index is 12.7. The van der Waals surface area contributed by atoms with Gasteiger partial charge in [0.2, 0.25) is 0 Å². The van der Waals surface area contributed by atoms with E-state index >= 15 is 0 Å². The van der Waals surface area contributed by atoms with Gasteiger partial charge in [-0.1, -0.05) is 42.5 Å². The van der Waals surface area contributed by atoms with Crippen LogP contribution in [-0.2, 0) is 13.0 Å². The van der Waals surface area contributed by atoms with Gasteiger partial charge in [-0.15, -0.1) is 0 Å². The molecule has 3 rings (SSSR count). The van der Waals surface area contributed by atoms with Crippen molar-refractivity contribution in [3.63, 3.8) is 0 Å². The molecular weight excluding hydrogens is 364 g/mol. The van der Waals surface area contributed by atoms with Crippen molar-refractivity contribution < 1.29 is 9.53 Å². The van der Waals surface area contributed by atoms with E-state index < -0.39 is 0 Å². The lowest BCUT2D eigenvalue weighted by Crippen LogP contribution is -2.31. The summed E-state index contributed by atoms with van der Waals surface area (Å²) in [7, 11) is 1.66. The lowest BCUT2D eigenvalue weighted by atomic mass is 10.1. The second-order valence-corrected chi connectivity index (χ2v) is 6.62. The first-order valence-corrected chi connectivity index (χ1v) is 9.71. The molecule has 0 aliphatic carbocycles. The van der Waals surface area contributed by atoms with Crippen LogP contribution in [0.1, 0.15) is 28.5 Å². The molecule has 0 radical (unpaired) electrons. The first-order chi connectivity index (χ1) is 14.2. The van der Waals surface area contributed by atoms with Crippen LogP contribution in [-0.4, -0.2) is 41.0 Å². The van der Waals surface area contributed by atoms with Gasteiger partial charge >= 0.3 is 0 Å². The Morgan fingerprint density at radius 3 is 2.38 bits per heavy atom. The number of anilines is 1. The van der Waals surface area contributed by atoms with Gasteiger partial charge in [-0.05, 0) is 36.6 Å². The first kappa shape index (κ1) is 20.3. The second-order valence-electron chi connectivity index (χ2n) is 6.62. The van der Waals surface area contributed by atoms with Crippen molar-refractivity contribution in [1.29, 1.82) is 0 Å². The number of amides is 1. The zero-order chi connectivity index (χ0) is 20.5. The van der Waals surface area contributed by atoms with E-state index in [4.69, 9.17) is 4.74 Å². The molecule has 0 spiro atoms. The average molecular weight is 390 g/mol. The van der Waals surface area contributed by atoms with Gasteiger partial charge in [-0.25, -0.2) is 9.97 Å². The SMILES string of the molecule is CCN(Cc1ccccc1)C(=O)c1cnc(NCCc2ccc(OC)cc2)cn1. The summed E-state index contributed by atoms with van der Waals surface area (Å²) in [5.74, 6) is 1.39. The van der Waals surface area contributed by atoms with Crippen LogP contribution in [0.25, 0.3) is 0 Å². The molecule has 6 nitrogen and oxygen atoms in total. The van der Waals surface area contributed by atoms with Crippen molar-refractivity contribution in [2.45, 2.75) is 19.9 Å². The van der Waals surface area contributed by atoms with Crippen LogP contribution in [0.3, 0.4) is 0 Å². The number of nitrogens with zero attached hydrogens (tertiary/aromatic N) is 3. The van der Waals surface area contributed by atoms with Gasteiger partial charge in [-0.3, -0.25) is 4.79 Å². The van der Waals surface area contributed by atoms with E-state index in [-0.39, 0.29) is 5.91 Å². The normalized spacial score (nSPS) is 10.4. The first-order valence-electron chi connectivity index (χ1n) is 9.71. The summed E-state index contributed by atoms with van der Waals surface area (Å²) in [6.07, 6.45) is 4.00. The molecule has 0 fully saturated rings. The summed E-state index contributed by atoms with van der Waals surface area (Å²) in [4.78, 5) is 23.1. The van der Waals surface area contributed by atoms with E-state index in [1.165, 1.54) is 11.8 Å². The van der Waals surface area contributed by atoms with Gasteiger partial charge in [0.05, 0.1) is 19.5 Å². The van der Waals surface area contributed by atoms with E-state index in [1.807, 2.05) is 61.5 Å². The molecule has 29 heavy (non-hydrogen) atoms. The number of aromatic nitrogens is 2. The Morgan fingerprint density at radius 1 is 1.00 bits per heavy atom. The number of methoxy groups -OCH3 is 1. The fourth-order valence-corrected chi connectivity index (χ4v) is 2.95. The highest BCUT2D eigenvalue weighted by molar-refractivity contribution is 5.92. The van der Waals surface area contributed by atoms with Crippen molar-refractivity contribution >= 4 is 11.7 Å². The fraction of sp³-hybridized carbons (Fsp3) is 0.261. The van der Waals surface area contributed by atoms with Gasteiger partial charge < -0.3 is 15.0 Å². The molecule has 0 unspecified atom stereocenters. The number of rotatable bonds is 9. The van der Waals surface area contributed by atoms with E-state index in [2.05, 4.69) is 15.3 Å². The number of nitrogens with one attached hydrogen (secondary N) is 1. The number of hydrogen-bond donors (Lipinski definition) is 1. The van der Waals surface area contributed by atoms with Gasteiger partial charge in [0.15, 0.2) is 0 Å². The highest BCUT2D eigenvalue weighted by atomic mass is 16.5. The van der Waals surface area contributed by atoms with Crippen molar-refractivity contribution in [1.82, 2.24) is 14.9 Å². The van der Waals surface area contributed by atoms with Crippen LogP contribution in [0.2, 0.25) is 0 Å². The number of benzene rings is 2. The van der Waals surface area contributed by atoms with Gasteiger partial charge in [-0.2, -0.15) is 0 Å². The highest BCUT2D eigenvalue weighted by Gasteiger charge is 2.16. The highest BCUT2D eigenvalue weighted by Crippen LogP contribution is 2.12. The molecule has 150 valence electrons. The quantitative estimate of drug-likeness (QED) is 0.602. The smallest absolute Gasteiger partial charge is 0.274 e. The minimum Gasteiger partial charge on any atom is -0.497 e. The summed E-state index contributed by atoms with van der Waals surface area (Å²) in [5, 5.41) is 3.24. The maximum atomic E-state index is 12.7. The minimum absolute atomic E-state index is 0.117. The molecule has 0 aliphatic rings. The third-order valence-corrected chi connectivity index (χ3v) is 4.63. The van der Waals surface area contributed by atoms with E-state index in [1.54, 1.807) is 18.2 Å². The monoisotopic (exact) mass is 390 g/mol. The van der Waals surface area contributed by atoms with E-state index in [0.717, 1.165) is 24.3 Å². The molecule has 0 saturated heterocycles. The summed E-state index contributed by atoms with van der Waals surface area (Å²) < 4.78 is 5.17. The van der Waals surface area contributed by atoms with Crippen LogP contribution in [0.5, 0.6) is 5.75 Å². The molecule has 1 N–H and O–H groups in total. The Labute approximate surface area is 171 Å². The zero-order valence-corrected chi connectivity index (χ0v) is 16.8. The second kappa shape index (κ2) is 10.2. The van der Waals surface area contributed by atoms with E-state index in [9.17, 15) is 4.79 Å². The van der Waals surface area contributed by atoms with Crippen LogP contribution in [0.4, 0.5) is 5.82 Å². The van der Waals surface area contributed by atoms with Crippen molar-refractivity contribution in [3.8, 4) is 5.75 Å². The molecule has 0 aliphatic heterocycles. The third-order valence-electron chi connectivity index (χ3n) is 4.63. The number of carbonyl (C=O) groups excluding carboxylic acids is 1. The van der Waals surface area contributed by atoms with Gasteiger partial charge in [0.25, 0.3) is 5.91 Å². The summed E-state index contributed by atoms with van der Waals surface area (Å²) in [6, 6.07) is 17.9. The molecule has 2 aromatic carbocycles. The molecule has 6 heteroatoms.